The van der Waals surface area contributed by atoms with Gasteiger partial charge in [0, 0.05) is 22.7 Å². The highest BCUT2D eigenvalue weighted by Gasteiger charge is 2.28. The van der Waals surface area contributed by atoms with Gasteiger partial charge in [-0.2, -0.15) is 0 Å². The zero-order valence-corrected chi connectivity index (χ0v) is 16.0. The smallest absolute Gasteiger partial charge is 0.404 e. The number of hydrogen-bond donors (Lipinski definition) is 2. The van der Waals surface area contributed by atoms with Gasteiger partial charge in [0.25, 0.3) is 5.91 Å². The molecule has 0 saturated heterocycles. The summed E-state index contributed by atoms with van der Waals surface area (Å²) in [5.41, 5.74) is 3.88. The monoisotopic (exact) mass is 450 g/mol. The summed E-state index contributed by atoms with van der Waals surface area (Å²) in [6, 6.07) is 13.8. The van der Waals surface area contributed by atoms with Crippen LogP contribution in [0.3, 0.4) is 0 Å². The molecule has 25 heavy (non-hydrogen) atoms. The van der Waals surface area contributed by atoms with Crippen LogP contribution in [0.25, 0.3) is 0 Å². The van der Waals surface area contributed by atoms with E-state index in [0.717, 1.165) is 15.6 Å². The van der Waals surface area contributed by atoms with Gasteiger partial charge in [0.15, 0.2) is 0 Å². The zero-order chi connectivity index (χ0) is 18.0. The van der Waals surface area contributed by atoms with Gasteiger partial charge < -0.3 is 15.3 Å². The van der Waals surface area contributed by atoms with Crippen molar-refractivity contribution in [2.75, 3.05) is 0 Å². The van der Waals surface area contributed by atoms with E-state index in [9.17, 15) is 9.59 Å². The van der Waals surface area contributed by atoms with Gasteiger partial charge in [0.1, 0.15) is 0 Å². The number of hydrogen-bond acceptors (Lipinski definition) is 2. The Kier molecular flexibility index (Phi) is 5.27. The third-order valence-corrected chi connectivity index (χ3v) is 5.41. The van der Waals surface area contributed by atoms with E-state index in [1.807, 2.05) is 29.2 Å². The van der Waals surface area contributed by atoms with Crippen LogP contribution in [0, 0.1) is 3.57 Å². The van der Waals surface area contributed by atoms with E-state index < -0.39 is 6.09 Å². The molecule has 0 fully saturated rings. The van der Waals surface area contributed by atoms with Crippen LogP contribution in [0.15, 0.2) is 42.5 Å². The fraction of sp³-hybridized carbons (Fsp3) is 0.263. The van der Waals surface area contributed by atoms with E-state index in [2.05, 4.69) is 47.0 Å². The Morgan fingerprint density at radius 2 is 1.96 bits per heavy atom. The summed E-state index contributed by atoms with van der Waals surface area (Å²) in [7, 11) is 0. The highest BCUT2D eigenvalue weighted by molar-refractivity contribution is 14.1. The highest BCUT2D eigenvalue weighted by Crippen LogP contribution is 2.26. The van der Waals surface area contributed by atoms with Crippen molar-refractivity contribution in [3.05, 3.63) is 68.3 Å². The largest absolute Gasteiger partial charge is 0.465 e. The molecular formula is C19H19IN2O3. The summed E-state index contributed by atoms with van der Waals surface area (Å²) < 4.78 is 0.868. The highest BCUT2D eigenvalue weighted by atomic mass is 127. The predicted octanol–water partition coefficient (Wildman–Crippen LogP) is 3.65. The maximum Gasteiger partial charge on any atom is 0.404 e. The molecule has 2 N–H and O–H groups in total. The first-order valence-corrected chi connectivity index (χ1v) is 9.16. The van der Waals surface area contributed by atoms with Crippen molar-refractivity contribution in [2.45, 2.75) is 32.5 Å². The van der Waals surface area contributed by atoms with E-state index in [0.29, 0.717) is 12.1 Å². The van der Waals surface area contributed by atoms with Crippen molar-refractivity contribution in [3.63, 3.8) is 0 Å². The summed E-state index contributed by atoms with van der Waals surface area (Å²) in [5.74, 6) is -0.0106. The number of fused-ring (bicyclic) bond motifs is 1. The minimum atomic E-state index is -1.08. The van der Waals surface area contributed by atoms with Crippen molar-refractivity contribution >= 4 is 34.6 Å². The number of rotatable bonds is 3. The molecule has 2 aromatic rings. The zero-order valence-electron chi connectivity index (χ0n) is 13.8. The molecule has 0 spiro atoms. The van der Waals surface area contributed by atoms with Gasteiger partial charge >= 0.3 is 6.09 Å². The van der Waals surface area contributed by atoms with Crippen LogP contribution in [0.4, 0.5) is 4.79 Å². The average Bonchev–Trinajstić information content (AvgIpc) is 2.59. The first-order valence-electron chi connectivity index (χ1n) is 8.08. The summed E-state index contributed by atoms with van der Waals surface area (Å²) in [6.07, 6.45) is -0.230. The molecule has 1 aliphatic heterocycles. The maximum atomic E-state index is 13.1. The Morgan fingerprint density at radius 3 is 2.68 bits per heavy atom. The topological polar surface area (TPSA) is 69.6 Å². The Morgan fingerprint density at radius 1 is 1.24 bits per heavy atom. The molecule has 1 aliphatic rings. The van der Waals surface area contributed by atoms with E-state index in [-0.39, 0.29) is 18.5 Å². The van der Waals surface area contributed by atoms with Crippen LogP contribution in [-0.4, -0.2) is 28.0 Å². The second-order valence-electron chi connectivity index (χ2n) is 6.23. The molecule has 1 atom stereocenters. The van der Waals surface area contributed by atoms with Crippen molar-refractivity contribution in [1.29, 1.82) is 0 Å². The fourth-order valence-electron chi connectivity index (χ4n) is 3.13. The Hall–Kier alpha value is -2.09. The molecule has 0 radical (unpaired) electrons. The number of carbonyl (C=O) groups excluding carboxylic acids is 1. The molecule has 0 bridgehead atoms. The van der Waals surface area contributed by atoms with Gasteiger partial charge in [-0.05, 0) is 64.8 Å². The second kappa shape index (κ2) is 7.43. The molecule has 0 unspecified atom stereocenters. The third kappa shape index (κ3) is 3.95. The lowest BCUT2D eigenvalue weighted by atomic mass is 9.94. The van der Waals surface area contributed by atoms with Crippen LogP contribution in [-0.2, 0) is 19.5 Å². The average molecular weight is 450 g/mol. The van der Waals surface area contributed by atoms with Crippen molar-refractivity contribution in [3.8, 4) is 0 Å². The quantitative estimate of drug-likeness (QED) is 0.702. The van der Waals surface area contributed by atoms with Crippen LogP contribution >= 0.6 is 22.6 Å². The van der Waals surface area contributed by atoms with E-state index in [1.54, 1.807) is 6.07 Å². The van der Waals surface area contributed by atoms with Crippen molar-refractivity contribution < 1.29 is 14.7 Å². The minimum Gasteiger partial charge on any atom is -0.465 e. The Bertz CT molecular complexity index is 822. The molecule has 0 saturated carbocycles. The molecule has 5 nitrogen and oxygen atoms in total. The van der Waals surface area contributed by atoms with Crippen LogP contribution in [0.1, 0.15) is 34.0 Å². The van der Waals surface area contributed by atoms with Gasteiger partial charge in [-0.15, -0.1) is 0 Å². The summed E-state index contributed by atoms with van der Waals surface area (Å²) >= 11 is 2.15. The van der Waals surface area contributed by atoms with Gasteiger partial charge in [0.2, 0.25) is 0 Å². The standard InChI is InChI=1S/C19H19IN2O3/c1-12-8-14-4-2-3-5-15(14)11-22(12)18(23)16-9-13(6-7-17(16)20)10-21-19(24)25/h2-7,9,12,21H,8,10-11H2,1H3,(H,24,25)/t12-/m1/s1. The van der Waals surface area contributed by atoms with Crippen molar-refractivity contribution in [2.24, 2.45) is 0 Å². The summed E-state index contributed by atoms with van der Waals surface area (Å²) in [6.45, 7) is 2.85. The lowest BCUT2D eigenvalue weighted by Gasteiger charge is -2.35. The molecule has 2 aromatic carbocycles. The fourth-order valence-corrected chi connectivity index (χ4v) is 3.70. The molecule has 0 aromatic heterocycles. The van der Waals surface area contributed by atoms with Gasteiger partial charge in [-0.1, -0.05) is 30.3 Å². The van der Waals surface area contributed by atoms with E-state index >= 15 is 0 Å². The lowest BCUT2D eigenvalue weighted by Crippen LogP contribution is -2.42. The normalized spacial score (nSPS) is 16.2. The number of benzene rings is 2. The van der Waals surface area contributed by atoms with Crippen LogP contribution in [0.2, 0.25) is 0 Å². The summed E-state index contributed by atoms with van der Waals surface area (Å²) in [4.78, 5) is 25.7. The van der Waals surface area contributed by atoms with Gasteiger partial charge in [0.05, 0.1) is 5.56 Å². The predicted molar refractivity (Wildman–Crippen MR) is 104 cm³/mol. The molecule has 3 rings (SSSR count). The molecule has 0 aliphatic carbocycles. The summed E-state index contributed by atoms with van der Waals surface area (Å²) in [5, 5.41) is 11.1. The first kappa shape index (κ1) is 17.7. The second-order valence-corrected chi connectivity index (χ2v) is 7.39. The minimum absolute atomic E-state index is 0.0106. The molecular weight excluding hydrogens is 431 g/mol. The van der Waals surface area contributed by atoms with Gasteiger partial charge in [-0.3, -0.25) is 4.79 Å². The molecule has 1 heterocycles. The number of nitrogens with one attached hydrogen (secondary N) is 1. The SMILES string of the molecule is C[C@@H]1Cc2ccccc2CN1C(=O)c1cc(CNC(=O)O)ccc1I. The molecule has 6 heteroatoms. The van der Waals surface area contributed by atoms with E-state index in [1.165, 1.54) is 11.1 Å². The number of amides is 2. The maximum absolute atomic E-state index is 13.1. The lowest BCUT2D eigenvalue weighted by molar-refractivity contribution is 0.0657. The van der Waals surface area contributed by atoms with E-state index in [4.69, 9.17) is 5.11 Å². The number of nitrogens with zero attached hydrogens (tertiary/aromatic N) is 1. The number of halogens is 1. The van der Waals surface area contributed by atoms with Crippen molar-refractivity contribution in [1.82, 2.24) is 10.2 Å². The Labute approximate surface area is 160 Å². The number of carbonyl (C=O) groups is 2. The van der Waals surface area contributed by atoms with Crippen LogP contribution in [0.5, 0.6) is 0 Å². The molecule has 130 valence electrons. The van der Waals surface area contributed by atoms with Crippen LogP contribution < -0.4 is 5.32 Å². The third-order valence-electron chi connectivity index (χ3n) is 4.47. The first-order chi connectivity index (χ1) is 12.0. The Balaban J connectivity index is 1.85. The van der Waals surface area contributed by atoms with Gasteiger partial charge in [-0.25, -0.2) is 4.79 Å². The number of carboxylic acid groups (broad SMARTS) is 1. The molecule has 2 amide bonds.